The van der Waals surface area contributed by atoms with Crippen LogP contribution in [0, 0.1) is 0 Å². The van der Waals surface area contributed by atoms with Crippen LogP contribution in [0.2, 0.25) is 0 Å². The third-order valence-corrected chi connectivity index (χ3v) is 4.51. The Labute approximate surface area is 122 Å². The maximum atomic E-state index is 10.1. The summed E-state index contributed by atoms with van der Waals surface area (Å²) >= 11 is 0. The van der Waals surface area contributed by atoms with Gasteiger partial charge in [0.15, 0.2) is 0 Å². The molecule has 0 bridgehead atoms. The average molecular weight is 278 g/mol. The molecule has 4 nitrogen and oxygen atoms in total. The van der Waals surface area contributed by atoms with E-state index < -0.39 is 0 Å². The van der Waals surface area contributed by atoms with E-state index in [0.717, 1.165) is 17.9 Å². The molecule has 1 N–H and O–H groups in total. The van der Waals surface area contributed by atoms with Crippen LogP contribution < -0.4 is 4.74 Å². The minimum absolute atomic E-state index is 0.125. The van der Waals surface area contributed by atoms with Gasteiger partial charge in [-0.1, -0.05) is 6.07 Å². The van der Waals surface area contributed by atoms with E-state index in [4.69, 9.17) is 4.74 Å². The lowest BCUT2D eigenvalue weighted by Gasteiger charge is -2.31. The quantitative estimate of drug-likeness (QED) is 0.897. The van der Waals surface area contributed by atoms with Crippen molar-refractivity contribution in [2.45, 2.75) is 31.8 Å². The van der Waals surface area contributed by atoms with E-state index in [1.165, 1.54) is 19.4 Å². The standard InChI is InChI=1S/C16H26N2O2/c1-12(16-14(19)8-5-9-15(16)20-4)18(3)11-13-7-6-10-17(13)2/h5,8-9,12-13,19H,6-7,10-11H2,1-4H3. The lowest BCUT2D eigenvalue weighted by molar-refractivity contribution is 0.181. The molecule has 2 rings (SSSR count). The first-order chi connectivity index (χ1) is 9.54. The fourth-order valence-electron chi connectivity index (χ4n) is 3.05. The van der Waals surface area contributed by atoms with Gasteiger partial charge < -0.3 is 14.7 Å². The summed E-state index contributed by atoms with van der Waals surface area (Å²) in [5.74, 6) is 1.06. The first-order valence-corrected chi connectivity index (χ1v) is 7.31. The van der Waals surface area contributed by atoms with Crippen molar-refractivity contribution in [1.82, 2.24) is 9.80 Å². The highest BCUT2D eigenvalue weighted by atomic mass is 16.5. The molecular formula is C16H26N2O2. The summed E-state index contributed by atoms with van der Waals surface area (Å²) in [4.78, 5) is 4.72. The summed E-state index contributed by atoms with van der Waals surface area (Å²) in [5, 5.41) is 10.1. The fraction of sp³-hybridized carbons (Fsp3) is 0.625. The Morgan fingerprint density at radius 1 is 1.50 bits per heavy atom. The van der Waals surface area contributed by atoms with Crippen molar-refractivity contribution >= 4 is 0 Å². The lowest BCUT2D eigenvalue weighted by Crippen LogP contribution is -2.37. The van der Waals surface area contributed by atoms with Crippen LogP contribution in [0.4, 0.5) is 0 Å². The van der Waals surface area contributed by atoms with Gasteiger partial charge in [-0.05, 0) is 52.5 Å². The summed E-state index contributed by atoms with van der Waals surface area (Å²) in [6, 6.07) is 6.18. The smallest absolute Gasteiger partial charge is 0.127 e. The highest BCUT2D eigenvalue weighted by molar-refractivity contribution is 5.45. The van der Waals surface area contributed by atoms with Gasteiger partial charge in [-0.3, -0.25) is 4.90 Å². The van der Waals surface area contributed by atoms with Gasteiger partial charge >= 0.3 is 0 Å². The van der Waals surface area contributed by atoms with Gasteiger partial charge in [-0.2, -0.15) is 0 Å². The van der Waals surface area contributed by atoms with Crippen molar-refractivity contribution in [2.24, 2.45) is 0 Å². The molecule has 2 atom stereocenters. The van der Waals surface area contributed by atoms with Crippen molar-refractivity contribution < 1.29 is 9.84 Å². The first-order valence-electron chi connectivity index (χ1n) is 7.31. The van der Waals surface area contributed by atoms with Gasteiger partial charge in [0.2, 0.25) is 0 Å². The van der Waals surface area contributed by atoms with Crippen molar-refractivity contribution in [3.05, 3.63) is 23.8 Å². The van der Waals surface area contributed by atoms with Crippen molar-refractivity contribution in [3.63, 3.8) is 0 Å². The second-order valence-corrected chi connectivity index (χ2v) is 5.79. The monoisotopic (exact) mass is 278 g/mol. The van der Waals surface area contributed by atoms with Crippen LogP contribution in [0.5, 0.6) is 11.5 Å². The van der Waals surface area contributed by atoms with Crippen LogP contribution >= 0.6 is 0 Å². The maximum absolute atomic E-state index is 10.1. The number of likely N-dealkylation sites (tertiary alicyclic amines) is 1. The molecule has 1 aliphatic rings. The molecule has 112 valence electrons. The van der Waals surface area contributed by atoms with E-state index in [1.54, 1.807) is 13.2 Å². The van der Waals surface area contributed by atoms with E-state index in [9.17, 15) is 5.11 Å². The molecular weight excluding hydrogens is 252 g/mol. The molecule has 4 heteroatoms. The van der Waals surface area contributed by atoms with Gasteiger partial charge in [0.25, 0.3) is 0 Å². The van der Waals surface area contributed by atoms with Crippen molar-refractivity contribution in [2.75, 3.05) is 34.3 Å². The summed E-state index contributed by atoms with van der Waals surface area (Å²) in [6.45, 7) is 4.31. The predicted molar refractivity (Wildman–Crippen MR) is 81.4 cm³/mol. The Balaban J connectivity index is 2.12. The lowest BCUT2D eigenvalue weighted by atomic mass is 10.0. The zero-order valence-electron chi connectivity index (χ0n) is 13.0. The highest BCUT2D eigenvalue weighted by Gasteiger charge is 2.26. The van der Waals surface area contributed by atoms with E-state index in [0.29, 0.717) is 11.8 Å². The third kappa shape index (κ3) is 3.07. The van der Waals surface area contributed by atoms with Crippen molar-refractivity contribution in [3.8, 4) is 11.5 Å². The molecule has 0 spiro atoms. The molecule has 1 heterocycles. The fourth-order valence-corrected chi connectivity index (χ4v) is 3.05. The molecule has 1 aromatic rings. The van der Waals surface area contributed by atoms with Gasteiger partial charge in [-0.25, -0.2) is 0 Å². The van der Waals surface area contributed by atoms with Crippen LogP contribution in [0.25, 0.3) is 0 Å². The Bertz CT molecular complexity index is 450. The number of hydrogen-bond acceptors (Lipinski definition) is 4. The van der Waals surface area contributed by atoms with Crippen LogP contribution in [-0.2, 0) is 0 Å². The van der Waals surface area contributed by atoms with E-state index in [-0.39, 0.29) is 6.04 Å². The molecule has 1 saturated heterocycles. The number of phenolic OH excluding ortho intramolecular Hbond substituents is 1. The topological polar surface area (TPSA) is 35.9 Å². The summed E-state index contributed by atoms with van der Waals surface area (Å²) in [7, 11) is 5.95. The Hall–Kier alpha value is -1.26. The predicted octanol–water partition coefficient (Wildman–Crippen LogP) is 2.49. The van der Waals surface area contributed by atoms with Gasteiger partial charge in [0, 0.05) is 18.6 Å². The summed E-state index contributed by atoms with van der Waals surface area (Å²) in [5.41, 5.74) is 0.873. The molecule has 0 saturated carbocycles. The molecule has 0 aliphatic carbocycles. The zero-order chi connectivity index (χ0) is 14.7. The van der Waals surface area contributed by atoms with E-state index in [2.05, 4.69) is 30.8 Å². The Morgan fingerprint density at radius 3 is 2.85 bits per heavy atom. The zero-order valence-corrected chi connectivity index (χ0v) is 13.0. The van der Waals surface area contributed by atoms with E-state index in [1.807, 2.05) is 12.1 Å². The number of phenols is 1. The van der Waals surface area contributed by atoms with Crippen LogP contribution in [0.3, 0.4) is 0 Å². The molecule has 0 amide bonds. The second kappa shape index (κ2) is 6.46. The molecule has 1 aliphatic heterocycles. The minimum Gasteiger partial charge on any atom is -0.507 e. The molecule has 20 heavy (non-hydrogen) atoms. The Kier molecular flexibility index (Phi) is 4.89. The SMILES string of the molecule is COc1cccc(O)c1C(C)N(C)CC1CCCN1C. The summed E-state index contributed by atoms with van der Waals surface area (Å²) < 4.78 is 5.39. The normalized spacial score (nSPS) is 21.4. The largest absolute Gasteiger partial charge is 0.507 e. The number of ether oxygens (including phenoxy) is 1. The molecule has 1 aromatic carbocycles. The highest BCUT2D eigenvalue weighted by Crippen LogP contribution is 2.36. The van der Waals surface area contributed by atoms with Crippen LogP contribution in [0.15, 0.2) is 18.2 Å². The average Bonchev–Trinajstić information content (AvgIpc) is 2.83. The number of methoxy groups -OCH3 is 1. The number of likely N-dealkylation sites (N-methyl/N-ethyl adjacent to an activating group) is 2. The summed E-state index contributed by atoms with van der Waals surface area (Å²) in [6.07, 6.45) is 2.54. The van der Waals surface area contributed by atoms with Gasteiger partial charge in [-0.15, -0.1) is 0 Å². The number of nitrogens with zero attached hydrogens (tertiary/aromatic N) is 2. The Morgan fingerprint density at radius 2 is 2.25 bits per heavy atom. The number of benzene rings is 1. The minimum atomic E-state index is 0.125. The molecule has 0 radical (unpaired) electrons. The van der Waals surface area contributed by atoms with Crippen LogP contribution in [-0.4, -0.2) is 55.2 Å². The van der Waals surface area contributed by atoms with Crippen LogP contribution in [0.1, 0.15) is 31.4 Å². The molecule has 1 fully saturated rings. The van der Waals surface area contributed by atoms with Gasteiger partial charge in [0.05, 0.1) is 12.7 Å². The first kappa shape index (κ1) is 15.1. The van der Waals surface area contributed by atoms with Crippen molar-refractivity contribution in [1.29, 1.82) is 0 Å². The third-order valence-electron chi connectivity index (χ3n) is 4.51. The number of hydrogen-bond donors (Lipinski definition) is 1. The molecule has 0 aromatic heterocycles. The number of rotatable bonds is 5. The second-order valence-electron chi connectivity index (χ2n) is 5.79. The van der Waals surface area contributed by atoms with E-state index >= 15 is 0 Å². The molecule has 2 unspecified atom stereocenters. The van der Waals surface area contributed by atoms with Gasteiger partial charge in [0.1, 0.15) is 11.5 Å². The number of aromatic hydroxyl groups is 1. The maximum Gasteiger partial charge on any atom is 0.127 e.